The summed E-state index contributed by atoms with van der Waals surface area (Å²) in [4.78, 5) is 1.73. The molecule has 4 nitrogen and oxygen atoms in total. The summed E-state index contributed by atoms with van der Waals surface area (Å²) in [7, 11) is 0. The highest BCUT2D eigenvalue weighted by Crippen LogP contribution is 2.72. The van der Waals surface area contributed by atoms with Crippen molar-refractivity contribution in [2.24, 2.45) is 10.8 Å². The Morgan fingerprint density at radius 3 is 1.32 bits per heavy atom. The second kappa shape index (κ2) is 4.97. The molecule has 1 saturated carbocycles. The van der Waals surface area contributed by atoms with Gasteiger partial charge in [0.1, 0.15) is 0 Å². The van der Waals surface area contributed by atoms with Gasteiger partial charge >= 0.3 is 0 Å². The number of thiophene rings is 2. The maximum atomic E-state index is 9.65. The van der Waals surface area contributed by atoms with Crippen LogP contribution < -0.4 is 0 Å². The molecule has 2 aromatic heterocycles. The van der Waals surface area contributed by atoms with E-state index in [0.29, 0.717) is 0 Å². The standard InChI is InChI=1S/C16H8N4S2/c17-7-15(8-18)13(11-3-1-5-21-11)14(12-4-2-6-22-12)16(15,9-19)10-20/h1-6,13-14H/t13-,14-/m0/s1. The van der Waals surface area contributed by atoms with E-state index in [9.17, 15) is 21.0 Å². The SMILES string of the molecule is N#CC1(C#N)[C@@H](c2cccs2)[C@H](c2cccs2)C1(C#N)C#N. The van der Waals surface area contributed by atoms with Gasteiger partial charge in [-0.2, -0.15) is 21.0 Å². The molecule has 0 aliphatic heterocycles. The average molecular weight is 320 g/mol. The quantitative estimate of drug-likeness (QED) is 0.841. The lowest BCUT2D eigenvalue weighted by Gasteiger charge is -2.55. The topological polar surface area (TPSA) is 95.2 Å². The maximum Gasteiger partial charge on any atom is 0.184 e. The van der Waals surface area contributed by atoms with E-state index >= 15 is 0 Å². The summed E-state index contributed by atoms with van der Waals surface area (Å²) in [5.41, 5.74) is -3.29. The van der Waals surface area contributed by atoms with Gasteiger partial charge in [0, 0.05) is 21.6 Å². The van der Waals surface area contributed by atoms with E-state index in [1.54, 1.807) is 0 Å². The minimum Gasteiger partial charge on any atom is -0.196 e. The fourth-order valence-electron chi connectivity index (χ4n) is 3.27. The van der Waals surface area contributed by atoms with Crippen molar-refractivity contribution in [3.63, 3.8) is 0 Å². The van der Waals surface area contributed by atoms with Crippen LogP contribution in [0, 0.1) is 56.2 Å². The Morgan fingerprint density at radius 1 is 0.727 bits per heavy atom. The predicted octanol–water partition coefficient (Wildman–Crippen LogP) is 3.76. The highest BCUT2D eigenvalue weighted by Gasteiger charge is 2.76. The molecule has 1 aliphatic rings. The Labute approximate surface area is 135 Å². The van der Waals surface area contributed by atoms with E-state index in [-0.39, 0.29) is 0 Å². The molecule has 6 heteroatoms. The van der Waals surface area contributed by atoms with Crippen LogP contribution in [0.1, 0.15) is 21.6 Å². The van der Waals surface area contributed by atoms with Crippen molar-refractivity contribution in [1.82, 2.24) is 0 Å². The highest BCUT2D eigenvalue weighted by molar-refractivity contribution is 7.10. The normalized spacial score (nSPS) is 24.0. The molecule has 0 aromatic carbocycles. The Balaban J connectivity index is 2.27. The van der Waals surface area contributed by atoms with Crippen LogP contribution in [0.2, 0.25) is 0 Å². The molecule has 2 heterocycles. The molecule has 3 rings (SSSR count). The molecule has 0 unspecified atom stereocenters. The van der Waals surface area contributed by atoms with Crippen LogP contribution in [-0.2, 0) is 0 Å². The van der Waals surface area contributed by atoms with Crippen LogP contribution in [0.25, 0.3) is 0 Å². The monoisotopic (exact) mass is 320 g/mol. The van der Waals surface area contributed by atoms with Gasteiger partial charge in [-0.05, 0) is 22.9 Å². The van der Waals surface area contributed by atoms with E-state index in [0.717, 1.165) is 9.75 Å². The summed E-state index contributed by atoms with van der Waals surface area (Å²) >= 11 is 2.89. The Kier molecular flexibility index (Phi) is 3.23. The number of rotatable bonds is 2. The van der Waals surface area contributed by atoms with Gasteiger partial charge in [-0.25, -0.2) is 0 Å². The third-order valence-corrected chi connectivity index (χ3v) is 6.20. The lowest BCUT2D eigenvalue weighted by molar-refractivity contribution is 0.0566. The predicted molar refractivity (Wildman–Crippen MR) is 81.4 cm³/mol. The second-order valence-electron chi connectivity index (χ2n) is 5.05. The zero-order chi connectivity index (χ0) is 15.8. The zero-order valence-corrected chi connectivity index (χ0v) is 12.9. The average Bonchev–Trinajstić information content (AvgIpc) is 3.22. The van der Waals surface area contributed by atoms with Gasteiger partial charge < -0.3 is 0 Å². The molecule has 0 saturated heterocycles. The van der Waals surface area contributed by atoms with Gasteiger partial charge in [0.15, 0.2) is 10.8 Å². The third-order valence-electron chi connectivity index (χ3n) is 4.29. The van der Waals surface area contributed by atoms with E-state index < -0.39 is 22.7 Å². The lowest BCUT2D eigenvalue weighted by atomic mass is 9.39. The number of nitriles is 4. The molecule has 2 aromatic rings. The molecule has 104 valence electrons. The van der Waals surface area contributed by atoms with Crippen molar-refractivity contribution in [2.45, 2.75) is 11.8 Å². The lowest BCUT2D eigenvalue weighted by Crippen LogP contribution is -2.59. The largest absolute Gasteiger partial charge is 0.196 e. The van der Waals surface area contributed by atoms with Crippen LogP contribution in [0.4, 0.5) is 0 Å². The molecule has 0 radical (unpaired) electrons. The number of hydrogen-bond acceptors (Lipinski definition) is 6. The molecule has 1 fully saturated rings. The highest BCUT2D eigenvalue weighted by atomic mass is 32.1. The van der Waals surface area contributed by atoms with E-state index in [4.69, 9.17) is 0 Å². The summed E-state index contributed by atoms with van der Waals surface area (Å²) in [6.45, 7) is 0. The van der Waals surface area contributed by atoms with Crippen molar-refractivity contribution in [1.29, 1.82) is 21.0 Å². The molecule has 0 amide bonds. The second-order valence-corrected chi connectivity index (χ2v) is 7.01. The van der Waals surface area contributed by atoms with Crippen molar-refractivity contribution in [3.05, 3.63) is 44.8 Å². The van der Waals surface area contributed by atoms with Crippen molar-refractivity contribution in [2.75, 3.05) is 0 Å². The zero-order valence-electron chi connectivity index (χ0n) is 11.2. The van der Waals surface area contributed by atoms with Crippen LogP contribution in [0.5, 0.6) is 0 Å². The first-order chi connectivity index (χ1) is 10.7. The van der Waals surface area contributed by atoms with Crippen molar-refractivity contribution >= 4 is 22.7 Å². The Morgan fingerprint density at radius 2 is 1.09 bits per heavy atom. The summed E-state index contributed by atoms with van der Waals surface area (Å²) < 4.78 is 0. The summed E-state index contributed by atoms with van der Waals surface area (Å²) in [6.07, 6.45) is 0. The molecule has 0 spiro atoms. The molecule has 0 N–H and O–H groups in total. The van der Waals surface area contributed by atoms with Gasteiger partial charge in [0.25, 0.3) is 0 Å². The summed E-state index contributed by atoms with van der Waals surface area (Å²) in [6, 6.07) is 15.4. The van der Waals surface area contributed by atoms with Crippen LogP contribution in [0.15, 0.2) is 35.0 Å². The van der Waals surface area contributed by atoms with E-state index in [2.05, 4.69) is 0 Å². The van der Waals surface area contributed by atoms with Crippen LogP contribution in [-0.4, -0.2) is 0 Å². The maximum absolute atomic E-state index is 9.65. The first-order valence-electron chi connectivity index (χ1n) is 6.42. The first-order valence-corrected chi connectivity index (χ1v) is 8.18. The molecular formula is C16H8N4S2. The summed E-state index contributed by atoms with van der Waals surface area (Å²) in [5, 5.41) is 42.4. The molecular weight excluding hydrogens is 312 g/mol. The number of hydrogen-bond donors (Lipinski definition) is 0. The summed E-state index contributed by atoms with van der Waals surface area (Å²) in [5.74, 6) is -0.916. The van der Waals surface area contributed by atoms with Gasteiger partial charge in [-0.15, -0.1) is 22.7 Å². The third kappa shape index (κ3) is 1.46. The Hall–Kier alpha value is -2.64. The van der Waals surface area contributed by atoms with Crippen molar-refractivity contribution < 1.29 is 0 Å². The Bertz CT molecular complexity index is 751. The molecule has 22 heavy (non-hydrogen) atoms. The smallest absolute Gasteiger partial charge is 0.184 e. The minimum atomic E-state index is -1.64. The van der Waals surface area contributed by atoms with Gasteiger partial charge in [-0.3, -0.25) is 0 Å². The van der Waals surface area contributed by atoms with Gasteiger partial charge in [0.05, 0.1) is 24.3 Å². The first kappa shape index (κ1) is 14.3. The van der Waals surface area contributed by atoms with Crippen molar-refractivity contribution in [3.8, 4) is 24.3 Å². The number of nitrogens with zero attached hydrogens (tertiary/aromatic N) is 4. The van der Waals surface area contributed by atoms with Crippen LogP contribution in [0.3, 0.4) is 0 Å². The molecule has 2 atom stereocenters. The van der Waals surface area contributed by atoms with E-state index in [1.165, 1.54) is 22.7 Å². The molecule has 0 bridgehead atoms. The fraction of sp³-hybridized carbons (Fsp3) is 0.250. The van der Waals surface area contributed by atoms with Crippen LogP contribution >= 0.6 is 22.7 Å². The van der Waals surface area contributed by atoms with Gasteiger partial charge in [0.2, 0.25) is 0 Å². The minimum absolute atomic E-state index is 0.458. The fourth-order valence-corrected chi connectivity index (χ4v) is 5.13. The van der Waals surface area contributed by atoms with E-state index in [1.807, 2.05) is 59.3 Å². The van der Waals surface area contributed by atoms with Gasteiger partial charge in [-0.1, -0.05) is 12.1 Å². The molecule has 1 aliphatic carbocycles.